The second kappa shape index (κ2) is 7.60. The van der Waals surface area contributed by atoms with Crippen molar-refractivity contribution in [3.63, 3.8) is 0 Å². The van der Waals surface area contributed by atoms with Crippen LogP contribution in [0.25, 0.3) is 0 Å². The van der Waals surface area contributed by atoms with E-state index in [0.29, 0.717) is 17.4 Å². The molecule has 0 bridgehead atoms. The highest BCUT2D eigenvalue weighted by molar-refractivity contribution is 9.10. The minimum Gasteiger partial charge on any atom is -0.312 e. The Bertz CT molecular complexity index is 406. The fourth-order valence-corrected chi connectivity index (χ4v) is 3.58. The van der Waals surface area contributed by atoms with Crippen molar-refractivity contribution in [2.75, 3.05) is 7.05 Å². The van der Waals surface area contributed by atoms with Gasteiger partial charge in [-0.1, -0.05) is 34.6 Å². The molecule has 1 aromatic rings. The fourth-order valence-electron chi connectivity index (χ4n) is 3.01. The largest absolute Gasteiger partial charge is 0.312 e. The van der Waals surface area contributed by atoms with Crippen molar-refractivity contribution < 1.29 is 0 Å². The fraction of sp³-hybridized carbons (Fsp3) is 0.812. The summed E-state index contributed by atoms with van der Waals surface area (Å²) in [6.07, 6.45) is 5.41. The van der Waals surface area contributed by atoms with E-state index >= 15 is 0 Å². The first-order valence-corrected chi connectivity index (χ1v) is 8.46. The number of rotatable bonds is 7. The summed E-state index contributed by atoms with van der Waals surface area (Å²) in [4.78, 5) is 0. The van der Waals surface area contributed by atoms with Crippen LogP contribution in [-0.2, 0) is 6.54 Å². The number of halogens is 1. The lowest BCUT2D eigenvalue weighted by Gasteiger charge is -2.27. The van der Waals surface area contributed by atoms with Crippen molar-refractivity contribution in [2.45, 2.75) is 66.5 Å². The maximum atomic E-state index is 4.49. The van der Waals surface area contributed by atoms with Gasteiger partial charge in [-0.25, -0.2) is 0 Å². The molecular weight excluding hydrogens is 314 g/mol. The molecule has 0 fully saturated rings. The molecule has 0 saturated carbocycles. The standard InChI is InChI=1S/C16H30BrN3/c1-7-8-20-15(13(17)11-19-20)14(18-6)9-12(2)10-16(3,4)5/h11-12,14,18H,7-10H2,1-6H3. The Kier molecular flexibility index (Phi) is 6.73. The van der Waals surface area contributed by atoms with Gasteiger partial charge in [0.2, 0.25) is 0 Å². The monoisotopic (exact) mass is 343 g/mol. The molecule has 0 aromatic carbocycles. The molecule has 1 N–H and O–H groups in total. The van der Waals surface area contributed by atoms with Crippen LogP contribution in [-0.4, -0.2) is 16.8 Å². The molecule has 0 aliphatic heterocycles. The summed E-state index contributed by atoms with van der Waals surface area (Å²) >= 11 is 3.66. The third-order valence-electron chi connectivity index (χ3n) is 3.55. The maximum Gasteiger partial charge on any atom is 0.0695 e. The first-order chi connectivity index (χ1) is 9.28. The molecule has 2 atom stereocenters. The quantitative estimate of drug-likeness (QED) is 0.771. The van der Waals surface area contributed by atoms with Crippen LogP contribution in [0.15, 0.2) is 10.7 Å². The van der Waals surface area contributed by atoms with Crippen LogP contribution in [0.3, 0.4) is 0 Å². The smallest absolute Gasteiger partial charge is 0.0695 e. The van der Waals surface area contributed by atoms with Crippen LogP contribution < -0.4 is 5.32 Å². The Hall–Kier alpha value is -0.350. The van der Waals surface area contributed by atoms with E-state index in [1.807, 2.05) is 13.2 Å². The van der Waals surface area contributed by atoms with Crippen LogP contribution in [0.5, 0.6) is 0 Å². The summed E-state index contributed by atoms with van der Waals surface area (Å²) in [7, 11) is 2.05. The average molecular weight is 344 g/mol. The van der Waals surface area contributed by atoms with Gasteiger partial charge in [-0.2, -0.15) is 5.10 Å². The topological polar surface area (TPSA) is 29.9 Å². The lowest BCUT2D eigenvalue weighted by molar-refractivity contribution is 0.275. The van der Waals surface area contributed by atoms with Gasteiger partial charge < -0.3 is 5.32 Å². The highest BCUT2D eigenvalue weighted by Crippen LogP contribution is 2.32. The predicted molar refractivity (Wildman–Crippen MR) is 89.9 cm³/mol. The van der Waals surface area contributed by atoms with E-state index < -0.39 is 0 Å². The van der Waals surface area contributed by atoms with E-state index in [1.54, 1.807) is 0 Å². The molecule has 0 aliphatic carbocycles. The number of hydrogen-bond donors (Lipinski definition) is 1. The Labute approximate surface area is 132 Å². The minimum absolute atomic E-state index is 0.357. The van der Waals surface area contributed by atoms with Gasteiger partial charge in [-0.3, -0.25) is 4.68 Å². The number of aryl methyl sites for hydroxylation is 1. The zero-order valence-corrected chi connectivity index (χ0v) is 15.4. The van der Waals surface area contributed by atoms with Gasteiger partial charge in [0.25, 0.3) is 0 Å². The molecule has 0 spiro atoms. The van der Waals surface area contributed by atoms with Gasteiger partial charge in [-0.05, 0) is 53.6 Å². The summed E-state index contributed by atoms with van der Waals surface area (Å²) < 4.78 is 3.25. The van der Waals surface area contributed by atoms with E-state index in [1.165, 1.54) is 12.1 Å². The first-order valence-electron chi connectivity index (χ1n) is 7.67. The van der Waals surface area contributed by atoms with Crippen LogP contribution >= 0.6 is 15.9 Å². The van der Waals surface area contributed by atoms with Crippen molar-refractivity contribution in [1.82, 2.24) is 15.1 Å². The zero-order chi connectivity index (χ0) is 15.3. The Morgan fingerprint density at radius 3 is 2.55 bits per heavy atom. The third-order valence-corrected chi connectivity index (χ3v) is 4.16. The summed E-state index contributed by atoms with van der Waals surface area (Å²) in [6, 6.07) is 0.357. The van der Waals surface area contributed by atoms with E-state index in [4.69, 9.17) is 0 Å². The molecule has 4 heteroatoms. The van der Waals surface area contributed by atoms with Crippen molar-refractivity contribution in [3.8, 4) is 0 Å². The lowest BCUT2D eigenvalue weighted by Crippen LogP contribution is -2.24. The van der Waals surface area contributed by atoms with Gasteiger partial charge in [0.05, 0.1) is 22.4 Å². The third kappa shape index (κ3) is 5.21. The second-order valence-corrected chi connectivity index (χ2v) is 7.90. The summed E-state index contributed by atoms with van der Waals surface area (Å²) in [5, 5.41) is 7.96. The minimum atomic E-state index is 0.357. The molecule has 0 amide bonds. The van der Waals surface area contributed by atoms with E-state index in [0.717, 1.165) is 23.9 Å². The van der Waals surface area contributed by atoms with Crippen molar-refractivity contribution in [1.29, 1.82) is 0 Å². The van der Waals surface area contributed by atoms with Gasteiger partial charge in [0.15, 0.2) is 0 Å². The molecule has 3 nitrogen and oxygen atoms in total. The number of nitrogens with zero attached hydrogens (tertiary/aromatic N) is 2. The van der Waals surface area contributed by atoms with Gasteiger partial charge in [0, 0.05) is 6.54 Å². The molecule has 116 valence electrons. The molecule has 20 heavy (non-hydrogen) atoms. The number of hydrogen-bond acceptors (Lipinski definition) is 2. The molecule has 1 rings (SSSR count). The summed E-state index contributed by atoms with van der Waals surface area (Å²) in [5.41, 5.74) is 1.67. The normalized spacial score (nSPS) is 15.3. The van der Waals surface area contributed by atoms with Crippen LogP contribution in [0.2, 0.25) is 0 Å². The summed E-state index contributed by atoms with van der Waals surface area (Å²) in [5.74, 6) is 0.685. The van der Waals surface area contributed by atoms with Crippen LogP contribution in [0.1, 0.15) is 65.6 Å². The Balaban J connectivity index is 2.83. The van der Waals surface area contributed by atoms with Crippen LogP contribution in [0.4, 0.5) is 0 Å². The van der Waals surface area contributed by atoms with Crippen molar-refractivity contribution in [2.24, 2.45) is 11.3 Å². The molecule has 2 unspecified atom stereocenters. The van der Waals surface area contributed by atoms with Crippen molar-refractivity contribution in [3.05, 3.63) is 16.4 Å². The van der Waals surface area contributed by atoms with Gasteiger partial charge in [0.1, 0.15) is 0 Å². The maximum absolute atomic E-state index is 4.49. The van der Waals surface area contributed by atoms with E-state index in [2.05, 4.69) is 65.6 Å². The zero-order valence-electron chi connectivity index (χ0n) is 13.8. The Morgan fingerprint density at radius 2 is 2.05 bits per heavy atom. The molecular formula is C16H30BrN3. The molecule has 0 aliphatic rings. The van der Waals surface area contributed by atoms with Crippen LogP contribution in [0, 0.1) is 11.3 Å². The second-order valence-electron chi connectivity index (χ2n) is 7.05. The Morgan fingerprint density at radius 1 is 1.40 bits per heavy atom. The highest BCUT2D eigenvalue weighted by atomic mass is 79.9. The number of nitrogens with one attached hydrogen (secondary N) is 1. The van der Waals surface area contributed by atoms with E-state index in [-0.39, 0.29) is 0 Å². The molecule has 1 heterocycles. The SMILES string of the molecule is CCCn1ncc(Br)c1C(CC(C)CC(C)(C)C)NC. The molecule has 0 radical (unpaired) electrons. The highest BCUT2D eigenvalue weighted by Gasteiger charge is 2.23. The average Bonchev–Trinajstić information content (AvgIpc) is 2.66. The predicted octanol–water partition coefficient (Wildman–Crippen LogP) is 4.78. The number of aromatic nitrogens is 2. The van der Waals surface area contributed by atoms with E-state index in [9.17, 15) is 0 Å². The summed E-state index contributed by atoms with van der Waals surface area (Å²) in [6.45, 7) is 12.5. The first kappa shape index (κ1) is 17.7. The van der Waals surface area contributed by atoms with Gasteiger partial charge >= 0.3 is 0 Å². The molecule has 0 saturated heterocycles. The lowest BCUT2D eigenvalue weighted by atomic mass is 9.82. The van der Waals surface area contributed by atoms with Crippen molar-refractivity contribution >= 4 is 15.9 Å². The molecule has 1 aromatic heterocycles. The van der Waals surface area contributed by atoms with Gasteiger partial charge in [-0.15, -0.1) is 0 Å².